The summed E-state index contributed by atoms with van der Waals surface area (Å²) in [6, 6.07) is 4.75. The zero-order valence-electron chi connectivity index (χ0n) is 15.8. The summed E-state index contributed by atoms with van der Waals surface area (Å²) in [7, 11) is 0. The topological polar surface area (TPSA) is 84.9 Å². The van der Waals surface area contributed by atoms with Crippen molar-refractivity contribution in [1.82, 2.24) is 10.2 Å². The molecular formula is C19H25FN2O5. The second-order valence-electron chi connectivity index (χ2n) is 7.37. The number of carbonyl (C=O) groups is 3. The van der Waals surface area contributed by atoms with Crippen LogP contribution in [-0.2, 0) is 14.3 Å². The minimum absolute atomic E-state index is 0.0238. The van der Waals surface area contributed by atoms with Crippen molar-refractivity contribution in [2.24, 2.45) is 0 Å². The number of esters is 1. The number of ketones is 1. The van der Waals surface area contributed by atoms with Crippen molar-refractivity contribution in [3.8, 4) is 0 Å². The highest BCUT2D eigenvalue weighted by Crippen LogP contribution is 2.12. The Kier molecular flexibility index (Phi) is 6.90. The number of piperazine rings is 1. The highest BCUT2D eigenvalue weighted by Gasteiger charge is 2.28. The van der Waals surface area contributed by atoms with Crippen molar-refractivity contribution in [3.05, 3.63) is 35.6 Å². The number of nitrogens with one attached hydrogen (secondary N) is 1. The van der Waals surface area contributed by atoms with E-state index in [1.807, 2.05) is 0 Å². The van der Waals surface area contributed by atoms with Crippen LogP contribution in [0.15, 0.2) is 24.3 Å². The summed E-state index contributed by atoms with van der Waals surface area (Å²) >= 11 is 0. The van der Waals surface area contributed by atoms with E-state index in [-0.39, 0.29) is 18.0 Å². The number of rotatable bonds is 5. The van der Waals surface area contributed by atoms with Gasteiger partial charge in [-0.3, -0.25) is 9.59 Å². The number of amides is 1. The molecule has 0 spiro atoms. The lowest BCUT2D eigenvalue weighted by atomic mass is 10.1. The van der Waals surface area contributed by atoms with Gasteiger partial charge in [0.15, 0.2) is 12.4 Å². The van der Waals surface area contributed by atoms with Gasteiger partial charge in [0.25, 0.3) is 0 Å². The molecule has 1 saturated heterocycles. The van der Waals surface area contributed by atoms with E-state index in [2.05, 4.69) is 5.32 Å². The lowest BCUT2D eigenvalue weighted by Gasteiger charge is -2.34. The Morgan fingerprint density at radius 3 is 2.52 bits per heavy atom. The highest BCUT2D eigenvalue weighted by atomic mass is 19.1. The van der Waals surface area contributed by atoms with Gasteiger partial charge in [-0.25, -0.2) is 9.18 Å². The maximum Gasteiger partial charge on any atom is 0.410 e. The Hall–Kier alpha value is -2.48. The zero-order valence-corrected chi connectivity index (χ0v) is 15.8. The molecule has 0 bridgehead atoms. The molecule has 148 valence electrons. The lowest BCUT2D eigenvalue weighted by Crippen LogP contribution is -2.54. The molecule has 1 aromatic rings. The summed E-state index contributed by atoms with van der Waals surface area (Å²) in [6.45, 7) is 6.30. The third kappa shape index (κ3) is 6.97. The second kappa shape index (κ2) is 8.94. The number of hydrogen-bond acceptors (Lipinski definition) is 6. The summed E-state index contributed by atoms with van der Waals surface area (Å²) in [5.41, 5.74) is -0.312. The van der Waals surface area contributed by atoms with E-state index in [0.717, 1.165) is 0 Å². The molecule has 1 aliphatic rings. The summed E-state index contributed by atoms with van der Waals surface area (Å²) < 4.78 is 23.2. The Labute approximate surface area is 157 Å². The molecule has 1 aliphatic heterocycles. The molecule has 1 N–H and O–H groups in total. The molecule has 0 aromatic heterocycles. The summed E-state index contributed by atoms with van der Waals surface area (Å²) in [5.74, 6) is -1.40. The average molecular weight is 380 g/mol. The average Bonchev–Trinajstić information content (AvgIpc) is 2.59. The van der Waals surface area contributed by atoms with E-state index in [1.165, 1.54) is 24.3 Å². The number of benzene rings is 1. The van der Waals surface area contributed by atoms with Gasteiger partial charge < -0.3 is 19.7 Å². The van der Waals surface area contributed by atoms with E-state index in [4.69, 9.17) is 9.47 Å². The van der Waals surface area contributed by atoms with Crippen molar-refractivity contribution < 1.29 is 28.2 Å². The standard InChI is InChI=1S/C19H25FN2O5/c1-19(2,3)27-18(25)22-9-8-21-15(11-22)10-17(24)26-12-16(23)13-4-6-14(20)7-5-13/h4-7,15,21H,8-12H2,1-3H3/t15-/m0/s1. The van der Waals surface area contributed by atoms with Crippen LogP contribution in [0.25, 0.3) is 0 Å². The van der Waals surface area contributed by atoms with Gasteiger partial charge in [0.05, 0.1) is 6.42 Å². The van der Waals surface area contributed by atoms with Gasteiger partial charge in [-0.1, -0.05) is 0 Å². The molecule has 1 heterocycles. The van der Waals surface area contributed by atoms with E-state index in [0.29, 0.717) is 19.6 Å². The number of Topliss-reactive ketones (excluding diaryl/α,β-unsaturated/α-hetero) is 1. The van der Waals surface area contributed by atoms with Crippen LogP contribution in [-0.4, -0.2) is 60.6 Å². The fourth-order valence-corrected chi connectivity index (χ4v) is 2.58. The molecule has 1 atom stereocenters. The van der Waals surface area contributed by atoms with Crippen LogP contribution in [0, 0.1) is 5.82 Å². The summed E-state index contributed by atoms with van der Waals surface area (Å²) in [6.07, 6.45) is -0.399. The molecule has 0 aliphatic carbocycles. The van der Waals surface area contributed by atoms with Gasteiger partial charge in [-0.15, -0.1) is 0 Å². The number of nitrogens with zero attached hydrogens (tertiary/aromatic N) is 1. The third-order valence-corrected chi connectivity index (χ3v) is 3.85. The van der Waals surface area contributed by atoms with Crippen molar-refractivity contribution in [1.29, 1.82) is 0 Å². The van der Waals surface area contributed by atoms with Gasteiger partial charge in [0.1, 0.15) is 11.4 Å². The molecule has 0 saturated carbocycles. The fraction of sp³-hybridized carbons (Fsp3) is 0.526. The van der Waals surface area contributed by atoms with Crippen LogP contribution in [0.1, 0.15) is 37.6 Å². The number of halogens is 1. The Morgan fingerprint density at radius 2 is 1.89 bits per heavy atom. The van der Waals surface area contributed by atoms with Crippen LogP contribution >= 0.6 is 0 Å². The van der Waals surface area contributed by atoms with Gasteiger partial charge in [-0.2, -0.15) is 0 Å². The van der Waals surface area contributed by atoms with Crippen LogP contribution in [0.4, 0.5) is 9.18 Å². The first kappa shape index (κ1) is 20.8. The van der Waals surface area contributed by atoms with Crippen molar-refractivity contribution >= 4 is 17.8 Å². The minimum atomic E-state index is -0.586. The molecule has 1 fully saturated rings. The molecule has 27 heavy (non-hydrogen) atoms. The number of carbonyl (C=O) groups excluding carboxylic acids is 3. The molecule has 2 rings (SSSR count). The van der Waals surface area contributed by atoms with E-state index < -0.39 is 35.9 Å². The lowest BCUT2D eigenvalue weighted by molar-refractivity contribution is -0.143. The first-order valence-electron chi connectivity index (χ1n) is 8.80. The van der Waals surface area contributed by atoms with E-state index in [1.54, 1.807) is 25.7 Å². The first-order valence-corrected chi connectivity index (χ1v) is 8.80. The Bertz CT molecular complexity index is 684. The van der Waals surface area contributed by atoms with Gasteiger partial charge in [0, 0.05) is 31.2 Å². The Balaban J connectivity index is 1.78. The summed E-state index contributed by atoms with van der Waals surface area (Å²) in [5, 5.41) is 3.15. The van der Waals surface area contributed by atoms with Gasteiger partial charge in [-0.05, 0) is 45.0 Å². The van der Waals surface area contributed by atoms with Crippen LogP contribution in [0.5, 0.6) is 0 Å². The zero-order chi connectivity index (χ0) is 20.0. The SMILES string of the molecule is CC(C)(C)OC(=O)N1CCN[C@@H](CC(=O)OCC(=O)c2ccc(F)cc2)C1. The van der Waals surface area contributed by atoms with E-state index in [9.17, 15) is 18.8 Å². The quantitative estimate of drug-likeness (QED) is 0.622. The Morgan fingerprint density at radius 1 is 1.22 bits per heavy atom. The van der Waals surface area contributed by atoms with Gasteiger partial charge in [0.2, 0.25) is 0 Å². The monoisotopic (exact) mass is 380 g/mol. The predicted molar refractivity (Wildman–Crippen MR) is 95.9 cm³/mol. The number of ether oxygens (including phenoxy) is 2. The molecule has 8 heteroatoms. The molecule has 0 radical (unpaired) electrons. The fourth-order valence-electron chi connectivity index (χ4n) is 2.58. The van der Waals surface area contributed by atoms with E-state index >= 15 is 0 Å². The second-order valence-corrected chi connectivity index (χ2v) is 7.37. The van der Waals surface area contributed by atoms with Gasteiger partial charge >= 0.3 is 12.1 Å². The summed E-state index contributed by atoms with van der Waals surface area (Å²) in [4.78, 5) is 37.6. The largest absolute Gasteiger partial charge is 0.457 e. The minimum Gasteiger partial charge on any atom is -0.457 e. The third-order valence-electron chi connectivity index (χ3n) is 3.85. The molecule has 7 nitrogen and oxygen atoms in total. The molecular weight excluding hydrogens is 355 g/mol. The number of hydrogen-bond donors (Lipinski definition) is 1. The first-order chi connectivity index (χ1) is 12.6. The molecule has 1 aromatic carbocycles. The van der Waals surface area contributed by atoms with Crippen molar-refractivity contribution in [3.63, 3.8) is 0 Å². The molecule has 1 amide bonds. The maximum absolute atomic E-state index is 12.9. The van der Waals surface area contributed by atoms with Crippen LogP contribution in [0.3, 0.4) is 0 Å². The predicted octanol–water partition coefficient (Wildman–Crippen LogP) is 2.15. The van der Waals surface area contributed by atoms with Crippen LogP contribution in [0.2, 0.25) is 0 Å². The van der Waals surface area contributed by atoms with Crippen molar-refractivity contribution in [2.45, 2.75) is 38.8 Å². The highest BCUT2D eigenvalue weighted by molar-refractivity contribution is 5.97. The van der Waals surface area contributed by atoms with Crippen LogP contribution < -0.4 is 5.32 Å². The maximum atomic E-state index is 12.9. The van der Waals surface area contributed by atoms with Crippen molar-refractivity contribution in [2.75, 3.05) is 26.2 Å². The normalized spacial score (nSPS) is 17.3. The smallest absolute Gasteiger partial charge is 0.410 e. The molecule has 0 unspecified atom stereocenters.